The van der Waals surface area contributed by atoms with Crippen molar-refractivity contribution in [3.8, 4) is 23.0 Å². The lowest BCUT2D eigenvalue weighted by atomic mass is 10.2. The third-order valence-corrected chi connectivity index (χ3v) is 4.68. The Kier molecular flexibility index (Phi) is 9.72. The summed E-state index contributed by atoms with van der Waals surface area (Å²) in [5.41, 5.74) is 3.75. The van der Waals surface area contributed by atoms with Crippen molar-refractivity contribution in [3.05, 3.63) is 45.0 Å². The van der Waals surface area contributed by atoms with E-state index in [1.807, 2.05) is 32.9 Å². The molecule has 0 atom stereocenters. The van der Waals surface area contributed by atoms with Crippen LogP contribution in [0.4, 0.5) is 0 Å². The fourth-order valence-electron chi connectivity index (χ4n) is 2.60. The van der Waals surface area contributed by atoms with Crippen molar-refractivity contribution < 1.29 is 23.7 Å². The molecule has 0 aliphatic rings. The molecule has 7 nitrogen and oxygen atoms in total. The standard InChI is InChI=1S/C22H27IN2O5/c1-5-10-30-18-9-8-16(13-19(18)28-6-2)22(26)25-24-14-15-11-17(23)21(27-4)20(12-15)29-7-3/h8-9,11-14H,5-7,10H2,1-4H3,(H,25,26)/b24-14+. The lowest BCUT2D eigenvalue weighted by Crippen LogP contribution is -2.17. The molecule has 0 saturated heterocycles. The summed E-state index contributed by atoms with van der Waals surface area (Å²) in [6.07, 6.45) is 2.45. The first-order valence-corrected chi connectivity index (χ1v) is 10.8. The molecule has 0 aliphatic heterocycles. The highest BCUT2D eigenvalue weighted by Gasteiger charge is 2.12. The zero-order chi connectivity index (χ0) is 21.9. The number of benzene rings is 2. The van der Waals surface area contributed by atoms with Crippen LogP contribution in [0.1, 0.15) is 43.1 Å². The summed E-state index contributed by atoms with van der Waals surface area (Å²) in [5, 5.41) is 4.07. The Labute approximate surface area is 190 Å². The maximum absolute atomic E-state index is 12.5. The largest absolute Gasteiger partial charge is 0.492 e. The van der Waals surface area contributed by atoms with Crippen LogP contribution in [0.25, 0.3) is 0 Å². The molecule has 162 valence electrons. The SMILES string of the molecule is CCCOc1ccc(C(=O)N/N=C/c2cc(I)c(OC)c(OCC)c2)cc1OCC. The molecule has 0 aliphatic carbocycles. The van der Waals surface area contributed by atoms with E-state index in [1.165, 1.54) is 0 Å². The molecule has 1 N–H and O–H groups in total. The van der Waals surface area contributed by atoms with Crippen LogP contribution in [-0.2, 0) is 0 Å². The predicted octanol–water partition coefficient (Wildman–Crippen LogP) is 4.65. The van der Waals surface area contributed by atoms with Crippen molar-refractivity contribution in [2.24, 2.45) is 5.10 Å². The van der Waals surface area contributed by atoms with Gasteiger partial charge in [0.25, 0.3) is 5.91 Å². The average Bonchev–Trinajstić information content (AvgIpc) is 2.73. The van der Waals surface area contributed by atoms with Gasteiger partial charge < -0.3 is 18.9 Å². The minimum atomic E-state index is -0.345. The number of amides is 1. The Balaban J connectivity index is 2.13. The first-order valence-electron chi connectivity index (χ1n) is 9.77. The molecule has 0 saturated carbocycles. The van der Waals surface area contributed by atoms with Gasteiger partial charge in [-0.1, -0.05) is 6.92 Å². The number of hydrogen-bond acceptors (Lipinski definition) is 6. The Morgan fingerprint density at radius 1 is 1.03 bits per heavy atom. The summed E-state index contributed by atoms with van der Waals surface area (Å²) >= 11 is 2.17. The molecule has 0 fully saturated rings. The summed E-state index contributed by atoms with van der Waals surface area (Å²) in [5.74, 6) is 2.11. The third kappa shape index (κ3) is 6.51. The summed E-state index contributed by atoms with van der Waals surface area (Å²) in [6.45, 7) is 7.39. The minimum Gasteiger partial charge on any atom is -0.492 e. The molecule has 0 heterocycles. The number of carbonyl (C=O) groups excluding carboxylic acids is 1. The number of halogens is 1. The van der Waals surface area contributed by atoms with Crippen LogP contribution in [0.3, 0.4) is 0 Å². The lowest BCUT2D eigenvalue weighted by molar-refractivity contribution is 0.0954. The van der Waals surface area contributed by atoms with E-state index in [0.29, 0.717) is 48.4 Å². The molecule has 0 radical (unpaired) electrons. The molecule has 0 spiro atoms. The molecular formula is C22H27IN2O5. The number of ether oxygens (including phenoxy) is 4. The van der Waals surface area contributed by atoms with Crippen molar-refractivity contribution >= 4 is 34.7 Å². The highest BCUT2D eigenvalue weighted by Crippen LogP contribution is 2.33. The minimum absolute atomic E-state index is 0.345. The molecule has 0 bridgehead atoms. The van der Waals surface area contributed by atoms with Crippen molar-refractivity contribution in [2.45, 2.75) is 27.2 Å². The Morgan fingerprint density at radius 3 is 2.43 bits per heavy atom. The smallest absolute Gasteiger partial charge is 0.271 e. The quantitative estimate of drug-likeness (QED) is 0.262. The second-order valence-electron chi connectivity index (χ2n) is 6.11. The topological polar surface area (TPSA) is 78.4 Å². The first-order chi connectivity index (χ1) is 14.5. The number of rotatable bonds is 11. The molecule has 1 amide bonds. The van der Waals surface area contributed by atoms with Gasteiger partial charge in [0.15, 0.2) is 23.0 Å². The van der Waals surface area contributed by atoms with Gasteiger partial charge in [-0.05, 0) is 78.8 Å². The highest BCUT2D eigenvalue weighted by atomic mass is 127. The number of methoxy groups -OCH3 is 1. The van der Waals surface area contributed by atoms with E-state index in [9.17, 15) is 4.79 Å². The van der Waals surface area contributed by atoms with E-state index < -0.39 is 0 Å². The van der Waals surface area contributed by atoms with Gasteiger partial charge in [-0.3, -0.25) is 4.79 Å². The zero-order valence-electron chi connectivity index (χ0n) is 17.7. The van der Waals surface area contributed by atoms with Gasteiger partial charge in [-0.2, -0.15) is 5.10 Å². The van der Waals surface area contributed by atoms with Crippen LogP contribution >= 0.6 is 22.6 Å². The van der Waals surface area contributed by atoms with Crippen LogP contribution in [-0.4, -0.2) is 39.1 Å². The zero-order valence-corrected chi connectivity index (χ0v) is 19.8. The maximum atomic E-state index is 12.5. The summed E-state index contributed by atoms with van der Waals surface area (Å²) in [7, 11) is 1.60. The molecule has 2 rings (SSSR count). The van der Waals surface area contributed by atoms with Crippen LogP contribution in [0.15, 0.2) is 35.4 Å². The van der Waals surface area contributed by atoms with Crippen LogP contribution in [0, 0.1) is 3.57 Å². The second-order valence-corrected chi connectivity index (χ2v) is 7.27. The van der Waals surface area contributed by atoms with E-state index in [2.05, 4.69) is 33.1 Å². The Morgan fingerprint density at radius 2 is 1.77 bits per heavy atom. The van der Waals surface area contributed by atoms with Gasteiger partial charge in [0.1, 0.15) is 0 Å². The molecule has 30 heavy (non-hydrogen) atoms. The van der Waals surface area contributed by atoms with Crippen LogP contribution < -0.4 is 24.4 Å². The number of hydrogen-bond donors (Lipinski definition) is 1. The van der Waals surface area contributed by atoms with Crippen molar-refractivity contribution in [3.63, 3.8) is 0 Å². The normalized spacial score (nSPS) is 10.7. The van der Waals surface area contributed by atoms with Crippen molar-refractivity contribution in [2.75, 3.05) is 26.9 Å². The summed E-state index contributed by atoms with van der Waals surface area (Å²) in [6, 6.07) is 8.78. The maximum Gasteiger partial charge on any atom is 0.271 e. The fourth-order valence-corrected chi connectivity index (χ4v) is 3.45. The molecular weight excluding hydrogens is 499 g/mol. The number of nitrogens with zero attached hydrogens (tertiary/aromatic N) is 1. The van der Waals surface area contributed by atoms with Crippen LogP contribution in [0.5, 0.6) is 23.0 Å². The Hall–Kier alpha value is -2.49. The lowest BCUT2D eigenvalue weighted by Gasteiger charge is -2.12. The third-order valence-electron chi connectivity index (χ3n) is 3.88. The predicted molar refractivity (Wildman–Crippen MR) is 125 cm³/mol. The highest BCUT2D eigenvalue weighted by molar-refractivity contribution is 14.1. The van der Waals surface area contributed by atoms with E-state index in [1.54, 1.807) is 31.5 Å². The van der Waals surface area contributed by atoms with E-state index in [-0.39, 0.29) is 5.91 Å². The Bertz CT molecular complexity index is 886. The number of carbonyl (C=O) groups is 1. The molecule has 2 aromatic rings. The fraction of sp³-hybridized carbons (Fsp3) is 0.364. The number of nitrogens with one attached hydrogen (secondary N) is 1. The summed E-state index contributed by atoms with van der Waals surface area (Å²) in [4.78, 5) is 12.5. The second kappa shape index (κ2) is 12.3. The molecule has 0 unspecified atom stereocenters. The van der Waals surface area contributed by atoms with E-state index >= 15 is 0 Å². The average molecular weight is 526 g/mol. The van der Waals surface area contributed by atoms with Crippen molar-refractivity contribution in [1.29, 1.82) is 0 Å². The van der Waals surface area contributed by atoms with E-state index in [4.69, 9.17) is 18.9 Å². The summed E-state index contributed by atoms with van der Waals surface area (Å²) < 4.78 is 23.1. The monoisotopic (exact) mass is 526 g/mol. The van der Waals surface area contributed by atoms with Crippen LogP contribution in [0.2, 0.25) is 0 Å². The number of hydrazone groups is 1. The van der Waals surface area contributed by atoms with Gasteiger partial charge in [0.2, 0.25) is 0 Å². The molecule has 2 aromatic carbocycles. The first kappa shape index (κ1) is 23.8. The van der Waals surface area contributed by atoms with Gasteiger partial charge in [-0.15, -0.1) is 0 Å². The molecule has 8 heteroatoms. The van der Waals surface area contributed by atoms with E-state index in [0.717, 1.165) is 15.6 Å². The van der Waals surface area contributed by atoms with Gasteiger partial charge in [0, 0.05) is 5.56 Å². The van der Waals surface area contributed by atoms with Crippen molar-refractivity contribution in [1.82, 2.24) is 5.43 Å². The van der Waals surface area contributed by atoms with Gasteiger partial charge in [-0.25, -0.2) is 5.43 Å². The molecule has 0 aromatic heterocycles. The van der Waals surface area contributed by atoms with Gasteiger partial charge in [0.05, 0.1) is 36.7 Å². The van der Waals surface area contributed by atoms with Gasteiger partial charge >= 0.3 is 0 Å².